The van der Waals surface area contributed by atoms with E-state index in [0.29, 0.717) is 18.8 Å². The molecular formula is C20H24N4O6S. The molecule has 1 fully saturated rings. The van der Waals surface area contributed by atoms with E-state index < -0.39 is 33.0 Å². The molecule has 0 bridgehead atoms. The molecule has 1 amide bonds. The van der Waals surface area contributed by atoms with Gasteiger partial charge in [-0.1, -0.05) is 13.8 Å². The number of nitrogens with zero attached hydrogens (tertiary/aromatic N) is 3. The Hall–Kier alpha value is -3.05. The molecule has 2 aromatic rings. The molecule has 0 radical (unpaired) electrons. The largest absolute Gasteiger partial charge is 0.325 e. The van der Waals surface area contributed by atoms with Crippen molar-refractivity contribution in [1.82, 2.24) is 8.87 Å². The van der Waals surface area contributed by atoms with E-state index in [4.69, 9.17) is 0 Å². The van der Waals surface area contributed by atoms with Gasteiger partial charge in [-0.3, -0.25) is 24.3 Å². The van der Waals surface area contributed by atoms with Crippen LogP contribution in [0.5, 0.6) is 0 Å². The van der Waals surface area contributed by atoms with Crippen LogP contribution in [0.15, 0.2) is 52.3 Å². The van der Waals surface area contributed by atoms with E-state index in [0.717, 1.165) is 29.3 Å². The van der Waals surface area contributed by atoms with Crippen LogP contribution in [0, 0.1) is 22.0 Å². The van der Waals surface area contributed by atoms with Gasteiger partial charge >= 0.3 is 0 Å². The normalized spacial score (nSPS) is 19.7. The van der Waals surface area contributed by atoms with Crippen molar-refractivity contribution in [3.8, 4) is 0 Å². The highest BCUT2D eigenvalue weighted by atomic mass is 32.2. The molecule has 166 valence electrons. The van der Waals surface area contributed by atoms with Gasteiger partial charge < -0.3 is 5.32 Å². The van der Waals surface area contributed by atoms with Crippen molar-refractivity contribution in [2.75, 3.05) is 18.4 Å². The van der Waals surface area contributed by atoms with Crippen LogP contribution >= 0.6 is 0 Å². The van der Waals surface area contributed by atoms with Gasteiger partial charge in [-0.05, 0) is 42.5 Å². The molecule has 1 aliphatic rings. The highest BCUT2D eigenvalue weighted by Crippen LogP contribution is 2.27. The first-order chi connectivity index (χ1) is 14.6. The Morgan fingerprint density at radius 2 is 1.74 bits per heavy atom. The summed E-state index contributed by atoms with van der Waals surface area (Å²) in [5.74, 6) is 0.000455. The number of anilines is 1. The van der Waals surface area contributed by atoms with E-state index in [-0.39, 0.29) is 22.4 Å². The van der Waals surface area contributed by atoms with Crippen LogP contribution in [-0.4, -0.2) is 41.2 Å². The Morgan fingerprint density at radius 3 is 2.32 bits per heavy atom. The zero-order chi connectivity index (χ0) is 22.8. The van der Waals surface area contributed by atoms with Crippen LogP contribution in [0.2, 0.25) is 0 Å². The zero-order valence-electron chi connectivity index (χ0n) is 17.2. The number of carbonyl (C=O) groups is 1. The molecular weight excluding hydrogens is 424 g/mol. The monoisotopic (exact) mass is 448 g/mol. The van der Waals surface area contributed by atoms with Crippen LogP contribution in [0.3, 0.4) is 0 Å². The number of benzene rings is 1. The summed E-state index contributed by atoms with van der Waals surface area (Å²) in [6.07, 6.45) is 1.99. The van der Waals surface area contributed by atoms with Gasteiger partial charge in [0.25, 0.3) is 11.2 Å². The maximum atomic E-state index is 12.9. The first-order valence-electron chi connectivity index (χ1n) is 9.81. The lowest BCUT2D eigenvalue weighted by molar-refractivity contribution is -0.385. The molecule has 0 saturated carbocycles. The first-order valence-corrected chi connectivity index (χ1v) is 11.2. The molecule has 0 aliphatic carbocycles. The molecule has 10 nitrogen and oxygen atoms in total. The lowest BCUT2D eigenvalue weighted by Gasteiger charge is -2.34. The van der Waals surface area contributed by atoms with E-state index in [1.165, 1.54) is 28.6 Å². The third-order valence-electron chi connectivity index (χ3n) is 5.10. The average Bonchev–Trinajstić information content (AvgIpc) is 2.69. The van der Waals surface area contributed by atoms with E-state index in [9.17, 15) is 28.1 Å². The number of rotatable bonds is 6. The predicted molar refractivity (Wildman–Crippen MR) is 114 cm³/mol. The van der Waals surface area contributed by atoms with Crippen LogP contribution < -0.4 is 10.9 Å². The first kappa shape index (κ1) is 22.6. The summed E-state index contributed by atoms with van der Waals surface area (Å²) in [6, 6.07) is 7.88. The summed E-state index contributed by atoms with van der Waals surface area (Å²) >= 11 is 0. The van der Waals surface area contributed by atoms with Gasteiger partial charge in [0.1, 0.15) is 6.54 Å². The van der Waals surface area contributed by atoms with E-state index in [1.807, 2.05) is 13.8 Å². The highest BCUT2D eigenvalue weighted by molar-refractivity contribution is 7.89. The fourth-order valence-electron chi connectivity index (χ4n) is 3.77. The standard InChI is InChI=1S/C20H24N4O6S/c1-14-9-15(2)11-23(10-14)31(29,30)18-6-3-16(4-7-18)21-19(25)13-22-12-17(24(27)28)5-8-20(22)26/h3-8,12,14-15H,9-11,13H2,1-2H3,(H,21,25). The number of amides is 1. The number of aromatic nitrogens is 1. The van der Waals surface area contributed by atoms with E-state index in [1.54, 1.807) is 0 Å². The molecule has 1 saturated heterocycles. The third-order valence-corrected chi connectivity index (χ3v) is 6.95. The van der Waals surface area contributed by atoms with Crippen LogP contribution in [0.1, 0.15) is 20.3 Å². The Labute approximate surface area is 179 Å². The summed E-state index contributed by atoms with van der Waals surface area (Å²) in [7, 11) is -3.63. The van der Waals surface area contributed by atoms with E-state index in [2.05, 4.69) is 5.32 Å². The molecule has 2 heterocycles. The van der Waals surface area contributed by atoms with Crippen molar-refractivity contribution in [3.05, 3.63) is 63.1 Å². The molecule has 1 aromatic heterocycles. The van der Waals surface area contributed by atoms with Crippen LogP contribution in [0.25, 0.3) is 0 Å². The van der Waals surface area contributed by atoms with Gasteiger partial charge in [0.2, 0.25) is 15.9 Å². The molecule has 0 spiro atoms. The molecule has 31 heavy (non-hydrogen) atoms. The second kappa shape index (κ2) is 8.98. The second-order valence-corrected chi connectivity index (χ2v) is 9.89. The number of pyridine rings is 1. The average molecular weight is 449 g/mol. The fraction of sp³-hybridized carbons (Fsp3) is 0.400. The van der Waals surface area contributed by atoms with Gasteiger partial charge in [-0.25, -0.2) is 8.42 Å². The SMILES string of the molecule is CC1CC(C)CN(S(=O)(=O)c2ccc(NC(=O)Cn3cc([N+](=O)[O-])ccc3=O)cc2)C1. The Balaban J connectivity index is 1.69. The Kier molecular flexibility index (Phi) is 6.56. The molecule has 3 rings (SSSR count). The number of sulfonamides is 1. The zero-order valence-corrected chi connectivity index (χ0v) is 18.0. The molecule has 11 heteroatoms. The fourth-order valence-corrected chi connectivity index (χ4v) is 5.45. The van der Waals surface area contributed by atoms with Gasteiger partial charge in [0, 0.05) is 30.9 Å². The van der Waals surface area contributed by atoms with Crippen molar-refractivity contribution < 1.29 is 18.1 Å². The molecule has 1 aromatic carbocycles. The molecule has 1 aliphatic heterocycles. The van der Waals surface area contributed by atoms with Gasteiger partial charge in [-0.2, -0.15) is 4.31 Å². The number of carbonyl (C=O) groups excluding carboxylic acids is 1. The van der Waals surface area contributed by atoms with Gasteiger partial charge in [0.05, 0.1) is 16.0 Å². The van der Waals surface area contributed by atoms with Crippen molar-refractivity contribution >= 4 is 27.3 Å². The van der Waals surface area contributed by atoms with Crippen molar-refractivity contribution in [2.24, 2.45) is 11.8 Å². The number of piperidine rings is 1. The second-order valence-electron chi connectivity index (χ2n) is 7.95. The molecule has 2 unspecified atom stereocenters. The van der Waals surface area contributed by atoms with Gasteiger partial charge in [0.15, 0.2) is 0 Å². The van der Waals surface area contributed by atoms with Crippen molar-refractivity contribution in [3.63, 3.8) is 0 Å². The summed E-state index contributed by atoms with van der Waals surface area (Å²) in [6.45, 7) is 4.60. The summed E-state index contributed by atoms with van der Waals surface area (Å²) < 4.78 is 28.3. The minimum Gasteiger partial charge on any atom is -0.325 e. The summed E-state index contributed by atoms with van der Waals surface area (Å²) in [4.78, 5) is 34.4. The number of hydrogen-bond acceptors (Lipinski definition) is 6. The lowest BCUT2D eigenvalue weighted by atomic mass is 9.94. The summed E-state index contributed by atoms with van der Waals surface area (Å²) in [5.41, 5.74) is -0.502. The number of nitrogens with one attached hydrogen (secondary N) is 1. The number of nitro groups is 1. The van der Waals surface area contributed by atoms with Crippen molar-refractivity contribution in [2.45, 2.75) is 31.7 Å². The smallest absolute Gasteiger partial charge is 0.285 e. The number of hydrogen-bond donors (Lipinski definition) is 1. The third kappa shape index (κ3) is 5.36. The molecule has 2 atom stereocenters. The maximum absolute atomic E-state index is 12.9. The topological polar surface area (TPSA) is 132 Å². The predicted octanol–water partition coefficient (Wildman–Crippen LogP) is 2.06. The lowest BCUT2D eigenvalue weighted by Crippen LogP contribution is -2.42. The minimum absolute atomic E-state index is 0.140. The van der Waals surface area contributed by atoms with Crippen molar-refractivity contribution in [1.29, 1.82) is 0 Å². The van der Waals surface area contributed by atoms with Crippen LogP contribution in [-0.2, 0) is 21.4 Å². The van der Waals surface area contributed by atoms with Gasteiger partial charge in [-0.15, -0.1) is 0 Å². The van der Waals surface area contributed by atoms with Crippen LogP contribution in [0.4, 0.5) is 11.4 Å². The highest BCUT2D eigenvalue weighted by Gasteiger charge is 2.31. The maximum Gasteiger partial charge on any atom is 0.285 e. The van der Waals surface area contributed by atoms with E-state index >= 15 is 0 Å². The minimum atomic E-state index is -3.63. The quantitative estimate of drug-likeness (QED) is 0.531. The molecule has 1 N–H and O–H groups in total. The Morgan fingerprint density at radius 1 is 1.13 bits per heavy atom. The Bertz CT molecular complexity index is 1130. The summed E-state index contributed by atoms with van der Waals surface area (Å²) in [5, 5.41) is 13.4.